The number of hydrogen-bond acceptors (Lipinski definition) is 6. The van der Waals surface area contributed by atoms with Crippen LogP contribution in [0.3, 0.4) is 0 Å². The lowest BCUT2D eigenvalue weighted by molar-refractivity contribution is 0.171. The van der Waals surface area contributed by atoms with Crippen LogP contribution in [-0.4, -0.2) is 55.3 Å². The molecule has 2 aromatic rings. The highest BCUT2D eigenvalue weighted by Crippen LogP contribution is 2.32. The molecule has 0 aliphatic carbocycles. The first-order valence-corrected chi connectivity index (χ1v) is 9.68. The van der Waals surface area contributed by atoms with E-state index in [0.717, 1.165) is 35.3 Å². The van der Waals surface area contributed by atoms with Crippen molar-refractivity contribution in [1.29, 1.82) is 0 Å². The molecule has 2 aliphatic rings. The third-order valence-electron chi connectivity index (χ3n) is 4.66. The van der Waals surface area contributed by atoms with Gasteiger partial charge in [0.05, 0.1) is 6.04 Å². The van der Waals surface area contributed by atoms with Crippen LogP contribution in [0.5, 0.6) is 11.5 Å². The summed E-state index contributed by atoms with van der Waals surface area (Å²) in [5.41, 5.74) is 1.00. The zero-order chi connectivity index (χ0) is 17.9. The number of aromatic nitrogens is 1. The van der Waals surface area contributed by atoms with Crippen LogP contribution < -0.4 is 19.7 Å². The summed E-state index contributed by atoms with van der Waals surface area (Å²) in [5.74, 6) is 1.50. The van der Waals surface area contributed by atoms with Crippen molar-refractivity contribution in [3.8, 4) is 11.5 Å². The van der Waals surface area contributed by atoms with E-state index in [0.29, 0.717) is 26.3 Å². The Morgan fingerprint density at radius 3 is 2.69 bits per heavy atom. The molecule has 0 saturated carbocycles. The molecule has 7 nitrogen and oxygen atoms in total. The molecule has 1 aromatic heterocycles. The van der Waals surface area contributed by atoms with Gasteiger partial charge in [-0.1, -0.05) is 6.07 Å². The minimum atomic E-state index is -0.102. The molecule has 0 bridgehead atoms. The molecule has 138 valence electrons. The van der Waals surface area contributed by atoms with Crippen molar-refractivity contribution in [1.82, 2.24) is 15.2 Å². The van der Waals surface area contributed by atoms with Gasteiger partial charge in [-0.2, -0.15) is 0 Å². The number of carbonyl (C=O) groups is 1. The Hall–Kier alpha value is -2.48. The molecule has 1 fully saturated rings. The summed E-state index contributed by atoms with van der Waals surface area (Å²) in [7, 11) is 0. The van der Waals surface area contributed by atoms with Gasteiger partial charge in [0.15, 0.2) is 16.6 Å². The van der Waals surface area contributed by atoms with E-state index in [-0.39, 0.29) is 12.1 Å². The molecule has 4 rings (SSSR count). The predicted molar refractivity (Wildman–Crippen MR) is 100 cm³/mol. The second-order valence-electron chi connectivity index (χ2n) is 6.36. The fraction of sp³-hybridized carbons (Fsp3) is 0.444. The number of ether oxygens (including phenoxy) is 2. The Balaban J connectivity index is 1.33. The van der Waals surface area contributed by atoms with E-state index in [1.807, 2.05) is 41.6 Å². The van der Waals surface area contributed by atoms with E-state index in [1.54, 1.807) is 11.3 Å². The summed E-state index contributed by atoms with van der Waals surface area (Å²) < 4.78 is 11.2. The molecule has 2 aliphatic heterocycles. The van der Waals surface area contributed by atoms with Gasteiger partial charge in [-0.3, -0.25) is 0 Å². The van der Waals surface area contributed by atoms with Gasteiger partial charge in [-0.05, 0) is 24.6 Å². The highest BCUT2D eigenvalue weighted by Gasteiger charge is 2.24. The fourth-order valence-electron chi connectivity index (χ4n) is 3.16. The maximum Gasteiger partial charge on any atom is 0.317 e. The third kappa shape index (κ3) is 3.55. The summed E-state index contributed by atoms with van der Waals surface area (Å²) in [6, 6.07) is 5.68. The van der Waals surface area contributed by atoms with Crippen LogP contribution in [0.4, 0.5) is 9.93 Å². The van der Waals surface area contributed by atoms with Gasteiger partial charge in [-0.15, -0.1) is 11.3 Å². The Bertz CT molecular complexity index is 760. The summed E-state index contributed by atoms with van der Waals surface area (Å²) in [6.45, 7) is 6.11. The number of piperazine rings is 1. The molecule has 1 unspecified atom stereocenters. The van der Waals surface area contributed by atoms with Crippen LogP contribution in [0.1, 0.15) is 18.5 Å². The largest absolute Gasteiger partial charge is 0.486 e. The van der Waals surface area contributed by atoms with E-state index in [2.05, 4.69) is 15.2 Å². The molecule has 0 radical (unpaired) electrons. The van der Waals surface area contributed by atoms with E-state index in [1.165, 1.54) is 0 Å². The molecule has 1 aromatic carbocycles. The molecule has 3 heterocycles. The summed E-state index contributed by atoms with van der Waals surface area (Å²) in [5, 5.41) is 6.08. The van der Waals surface area contributed by atoms with Gasteiger partial charge in [0, 0.05) is 37.8 Å². The number of thiazole rings is 1. The Kier molecular flexibility index (Phi) is 4.83. The van der Waals surface area contributed by atoms with Crippen LogP contribution in [0, 0.1) is 0 Å². The standard InChI is InChI=1S/C18H22N4O3S/c1-13(14-2-3-15-16(12-14)25-10-9-24-15)20-17(23)21-5-7-22(8-6-21)18-19-4-11-26-18/h2-4,11-13H,5-10H2,1H3,(H,20,23). The van der Waals surface area contributed by atoms with Crippen LogP contribution in [-0.2, 0) is 0 Å². The van der Waals surface area contributed by atoms with Crippen LogP contribution in [0.25, 0.3) is 0 Å². The molecule has 1 saturated heterocycles. The molecule has 0 spiro atoms. The van der Waals surface area contributed by atoms with Crippen LogP contribution in [0.15, 0.2) is 29.8 Å². The van der Waals surface area contributed by atoms with Gasteiger partial charge < -0.3 is 24.6 Å². The lowest BCUT2D eigenvalue weighted by atomic mass is 10.1. The smallest absolute Gasteiger partial charge is 0.317 e. The van der Waals surface area contributed by atoms with Crippen LogP contribution >= 0.6 is 11.3 Å². The lowest BCUT2D eigenvalue weighted by Gasteiger charge is -2.35. The second kappa shape index (κ2) is 7.41. The normalized spacial score (nSPS) is 17.7. The summed E-state index contributed by atoms with van der Waals surface area (Å²) in [4.78, 5) is 21.0. The van der Waals surface area contributed by atoms with Crippen molar-refractivity contribution in [2.75, 3.05) is 44.3 Å². The molecule has 8 heteroatoms. The summed E-state index contributed by atoms with van der Waals surface area (Å²) in [6.07, 6.45) is 1.81. The second-order valence-corrected chi connectivity index (χ2v) is 7.24. The zero-order valence-corrected chi connectivity index (χ0v) is 15.5. The Morgan fingerprint density at radius 1 is 1.19 bits per heavy atom. The number of anilines is 1. The van der Waals surface area contributed by atoms with Gasteiger partial charge in [-0.25, -0.2) is 9.78 Å². The minimum absolute atomic E-state index is 0.0359. The Labute approximate surface area is 156 Å². The van der Waals surface area contributed by atoms with Crippen molar-refractivity contribution < 1.29 is 14.3 Å². The first kappa shape index (κ1) is 17.0. The van der Waals surface area contributed by atoms with E-state index in [4.69, 9.17) is 9.47 Å². The first-order chi connectivity index (χ1) is 12.7. The number of hydrogen-bond donors (Lipinski definition) is 1. The van der Waals surface area contributed by atoms with Crippen molar-refractivity contribution in [2.45, 2.75) is 13.0 Å². The minimum Gasteiger partial charge on any atom is -0.486 e. The monoisotopic (exact) mass is 374 g/mol. The number of rotatable bonds is 3. The van der Waals surface area contributed by atoms with Crippen molar-refractivity contribution in [3.63, 3.8) is 0 Å². The zero-order valence-electron chi connectivity index (χ0n) is 14.7. The van der Waals surface area contributed by atoms with Crippen LogP contribution in [0.2, 0.25) is 0 Å². The maximum atomic E-state index is 12.6. The number of amides is 2. The average molecular weight is 374 g/mol. The SMILES string of the molecule is CC(NC(=O)N1CCN(c2nccs2)CC1)c1ccc2c(c1)OCCO2. The third-order valence-corrected chi connectivity index (χ3v) is 5.50. The highest BCUT2D eigenvalue weighted by atomic mass is 32.1. The highest BCUT2D eigenvalue weighted by molar-refractivity contribution is 7.13. The van der Waals surface area contributed by atoms with Crippen molar-refractivity contribution >= 4 is 22.5 Å². The number of nitrogens with zero attached hydrogens (tertiary/aromatic N) is 3. The molecular formula is C18H22N4O3S. The molecule has 26 heavy (non-hydrogen) atoms. The first-order valence-electron chi connectivity index (χ1n) is 8.80. The van der Waals surface area contributed by atoms with E-state index in [9.17, 15) is 4.79 Å². The maximum absolute atomic E-state index is 12.6. The molecule has 2 amide bonds. The van der Waals surface area contributed by atoms with Gasteiger partial charge in [0.1, 0.15) is 13.2 Å². The average Bonchev–Trinajstić information content (AvgIpc) is 3.22. The number of carbonyl (C=O) groups excluding carboxylic acids is 1. The summed E-state index contributed by atoms with van der Waals surface area (Å²) >= 11 is 1.63. The topological polar surface area (TPSA) is 66.9 Å². The molecular weight excluding hydrogens is 352 g/mol. The predicted octanol–water partition coefficient (Wildman–Crippen LogP) is 2.51. The van der Waals surface area contributed by atoms with E-state index >= 15 is 0 Å². The van der Waals surface area contributed by atoms with Gasteiger partial charge in [0.2, 0.25) is 0 Å². The molecule has 1 N–H and O–H groups in total. The quantitative estimate of drug-likeness (QED) is 0.894. The number of urea groups is 1. The van der Waals surface area contributed by atoms with E-state index < -0.39 is 0 Å². The van der Waals surface area contributed by atoms with Gasteiger partial charge >= 0.3 is 6.03 Å². The Morgan fingerprint density at radius 2 is 1.96 bits per heavy atom. The number of fused-ring (bicyclic) bond motifs is 1. The lowest BCUT2D eigenvalue weighted by Crippen LogP contribution is -2.52. The fourth-order valence-corrected chi connectivity index (χ4v) is 3.86. The molecule has 1 atom stereocenters. The van der Waals surface area contributed by atoms with Gasteiger partial charge in [0.25, 0.3) is 0 Å². The van der Waals surface area contributed by atoms with Crippen molar-refractivity contribution in [2.24, 2.45) is 0 Å². The van der Waals surface area contributed by atoms with Crippen molar-refractivity contribution in [3.05, 3.63) is 35.3 Å². The number of benzene rings is 1. The number of nitrogens with one attached hydrogen (secondary N) is 1.